The van der Waals surface area contributed by atoms with Gasteiger partial charge in [0.2, 0.25) is 0 Å². The number of anilines is 1. The zero-order chi connectivity index (χ0) is 25.1. The van der Waals surface area contributed by atoms with Crippen LogP contribution in [0.5, 0.6) is 0 Å². The van der Waals surface area contributed by atoms with Crippen LogP contribution in [0, 0.1) is 17.6 Å². The van der Waals surface area contributed by atoms with E-state index >= 15 is 0 Å². The first-order valence-corrected chi connectivity index (χ1v) is 11.9. The van der Waals surface area contributed by atoms with E-state index in [-0.39, 0.29) is 36.8 Å². The summed E-state index contributed by atoms with van der Waals surface area (Å²) in [5.41, 5.74) is 0.801. The number of alkyl carbamates (subject to hydrolysis) is 1. The molecular formula is C26H27ClF2N4O4. The van der Waals surface area contributed by atoms with Gasteiger partial charge in [0.05, 0.1) is 25.7 Å². The molecule has 1 aromatic heterocycles. The summed E-state index contributed by atoms with van der Waals surface area (Å²) in [7, 11) is 0. The Bertz CT molecular complexity index is 1190. The summed E-state index contributed by atoms with van der Waals surface area (Å²) < 4.78 is 38.9. The van der Waals surface area contributed by atoms with Crippen LogP contribution in [0.4, 0.5) is 19.4 Å². The van der Waals surface area contributed by atoms with E-state index < -0.39 is 23.8 Å². The molecule has 2 N–H and O–H groups in total. The van der Waals surface area contributed by atoms with Gasteiger partial charge in [0, 0.05) is 18.9 Å². The fraction of sp³-hybridized carbons (Fsp3) is 0.346. The number of hydrogen-bond donors (Lipinski definition) is 2. The number of halogens is 3. The lowest BCUT2D eigenvalue weighted by Crippen LogP contribution is -3.00. The van der Waals surface area contributed by atoms with Crippen molar-refractivity contribution in [2.24, 2.45) is 5.92 Å². The van der Waals surface area contributed by atoms with E-state index in [2.05, 4.69) is 15.8 Å². The van der Waals surface area contributed by atoms with Gasteiger partial charge in [-0.1, -0.05) is 29.4 Å². The minimum Gasteiger partial charge on any atom is -1.00 e. The lowest BCUT2D eigenvalue weighted by Gasteiger charge is -2.52. The second-order valence-electron chi connectivity index (χ2n) is 9.55. The average Bonchev–Trinajstić information content (AvgIpc) is 3.36. The van der Waals surface area contributed by atoms with Crippen molar-refractivity contribution in [3.8, 4) is 0 Å². The molecule has 4 heterocycles. The third-order valence-corrected chi connectivity index (χ3v) is 7.12. The van der Waals surface area contributed by atoms with Crippen LogP contribution >= 0.6 is 0 Å². The summed E-state index contributed by atoms with van der Waals surface area (Å²) in [5, 5.41) is 9.43. The van der Waals surface area contributed by atoms with Crippen molar-refractivity contribution >= 4 is 17.8 Å². The fourth-order valence-electron chi connectivity index (χ4n) is 5.40. The highest BCUT2D eigenvalue weighted by Gasteiger charge is 2.47. The van der Waals surface area contributed by atoms with Crippen molar-refractivity contribution in [2.45, 2.75) is 25.0 Å². The molecule has 0 spiro atoms. The molecule has 2 aromatic carbocycles. The lowest BCUT2D eigenvalue weighted by molar-refractivity contribution is -0.936. The molecule has 11 heteroatoms. The second-order valence-corrected chi connectivity index (χ2v) is 9.55. The number of piperidine rings is 3. The van der Waals surface area contributed by atoms with E-state index in [1.165, 1.54) is 42.7 Å². The summed E-state index contributed by atoms with van der Waals surface area (Å²) in [4.78, 5) is 25.6. The number of benzene rings is 2. The Labute approximate surface area is 219 Å². The van der Waals surface area contributed by atoms with Crippen molar-refractivity contribution in [3.63, 3.8) is 0 Å². The molecule has 2 amide bonds. The molecule has 196 valence electrons. The number of fused-ring (bicyclic) bond motifs is 3. The predicted octanol–water partition coefficient (Wildman–Crippen LogP) is 1.02. The first-order valence-electron chi connectivity index (χ1n) is 11.9. The van der Waals surface area contributed by atoms with Gasteiger partial charge in [-0.15, -0.1) is 0 Å². The minimum absolute atomic E-state index is 0. The third kappa shape index (κ3) is 6.26. The highest BCUT2D eigenvalue weighted by molar-refractivity contribution is 5.90. The number of rotatable bonds is 7. The zero-order valence-electron chi connectivity index (χ0n) is 19.9. The number of ether oxygens (including phenoxy) is 1. The molecule has 0 aliphatic carbocycles. The Balaban J connectivity index is 0.00000320. The van der Waals surface area contributed by atoms with Gasteiger partial charge in [0.25, 0.3) is 5.91 Å². The van der Waals surface area contributed by atoms with Crippen molar-refractivity contribution in [2.75, 3.05) is 31.5 Å². The van der Waals surface area contributed by atoms with Gasteiger partial charge < -0.3 is 36.8 Å². The number of amides is 2. The number of nitrogens with zero attached hydrogens (tertiary/aromatic N) is 2. The van der Waals surface area contributed by atoms with E-state index in [1.54, 1.807) is 18.2 Å². The quantitative estimate of drug-likeness (QED) is 0.443. The summed E-state index contributed by atoms with van der Waals surface area (Å²) >= 11 is 0. The van der Waals surface area contributed by atoms with Gasteiger partial charge in [-0.3, -0.25) is 4.79 Å². The summed E-state index contributed by atoms with van der Waals surface area (Å²) in [6.07, 6.45) is 1.49. The fourth-order valence-corrected chi connectivity index (χ4v) is 5.40. The maximum Gasteiger partial charge on any atom is 0.408 e. The van der Waals surface area contributed by atoms with Gasteiger partial charge >= 0.3 is 6.09 Å². The molecule has 2 bridgehead atoms. The average molecular weight is 533 g/mol. The molecule has 3 aliphatic heterocycles. The molecule has 3 aromatic rings. The molecular weight excluding hydrogens is 506 g/mol. The van der Waals surface area contributed by atoms with E-state index in [0.29, 0.717) is 28.0 Å². The molecule has 6 rings (SSSR count). The van der Waals surface area contributed by atoms with Crippen molar-refractivity contribution in [1.82, 2.24) is 10.5 Å². The molecule has 8 nitrogen and oxygen atoms in total. The Morgan fingerprint density at radius 1 is 1.05 bits per heavy atom. The number of carbonyl (C=O) groups is 2. The number of hydrogen-bond acceptors (Lipinski definition) is 5. The molecule has 1 atom stereocenters. The van der Waals surface area contributed by atoms with Gasteiger partial charge in [0.15, 0.2) is 18.5 Å². The molecule has 3 fully saturated rings. The van der Waals surface area contributed by atoms with E-state index in [4.69, 9.17) is 9.26 Å². The van der Waals surface area contributed by atoms with Gasteiger partial charge in [0.1, 0.15) is 17.9 Å². The van der Waals surface area contributed by atoms with E-state index in [1.807, 2.05) is 0 Å². The topological polar surface area (TPSA) is 93.5 Å². The first kappa shape index (κ1) is 26.6. The van der Waals surface area contributed by atoms with Gasteiger partial charge in [-0.25, -0.2) is 13.6 Å². The summed E-state index contributed by atoms with van der Waals surface area (Å²) in [6.45, 7) is 2.55. The van der Waals surface area contributed by atoms with E-state index in [0.717, 1.165) is 25.9 Å². The number of quaternary nitrogens is 1. The second kappa shape index (κ2) is 11.3. The van der Waals surface area contributed by atoms with E-state index in [9.17, 15) is 18.4 Å². The maximum atomic E-state index is 13.9. The van der Waals surface area contributed by atoms with Gasteiger partial charge in [-0.05, 0) is 41.3 Å². The van der Waals surface area contributed by atoms with Crippen LogP contribution < -0.4 is 23.0 Å². The number of nitrogens with one attached hydrogen (secondary N) is 2. The Morgan fingerprint density at radius 3 is 2.27 bits per heavy atom. The summed E-state index contributed by atoms with van der Waals surface area (Å²) in [5.74, 6) is -0.485. The monoisotopic (exact) mass is 532 g/mol. The van der Waals surface area contributed by atoms with Crippen molar-refractivity contribution in [3.05, 3.63) is 83.6 Å². The number of carbonyl (C=O) groups excluding carboxylic acids is 2. The van der Waals surface area contributed by atoms with Crippen LogP contribution in [0.3, 0.4) is 0 Å². The van der Waals surface area contributed by atoms with Crippen LogP contribution in [-0.2, 0) is 9.53 Å². The molecule has 1 unspecified atom stereocenters. The smallest absolute Gasteiger partial charge is 0.408 e. The molecule has 37 heavy (non-hydrogen) atoms. The molecule has 0 radical (unpaired) electrons. The standard InChI is InChI=1S/C26H26F2N4O4.ClH/c27-20-5-1-3-18(13-20)25(19-4-2-6-21(28)14-19)36-26(34)29-22-15-32(10-7-17(22)8-11-32)16-24(33)30-23-9-12-35-31-23;/h1-6,9,12-14,17,22,25H,7-8,10-11,15-16H2,(H-,29,30,31,33,34);1H. The predicted molar refractivity (Wildman–Crippen MR) is 126 cm³/mol. The van der Waals surface area contributed by atoms with Crippen LogP contribution in [0.15, 0.2) is 65.4 Å². The lowest BCUT2D eigenvalue weighted by atomic mass is 9.81. The number of aromatic nitrogens is 1. The van der Waals surface area contributed by atoms with Crippen LogP contribution in [0.2, 0.25) is 0 Å². The van der Waals surface area contributed by atoms with Crippen LogP contribution in [-0.4, -0.2) is 53.9 Å². The Morgan fingerprint density at radius 2 is 1.70 bits per heavy atom. The highest BCUT2D eigenvalue weighted by Crippen LogP contribution is 2.34. The van der Waals surface area contributed by atoms with Crippen LogP contribution in [0.25, 0.3) is 0 Å². The largest absolute Gasteiger partial charge is 1.00 e. The Kier molecular flexibility index (Phi) is 8.09. The van der Waals surface area contributed by atoms with Crippen molar-refractivity contribution in [1.29, 1.82) is 0 Å². The maximum absolute atomic E-state index is 13.9. The Hall–Kier alpha value is -3.50. The first-order chi connectivity index (χ1) is 17.4. The molecule has 0 saturated carbocycles. The molecule has 3 aliphatic rings. The highest BCUT2D eigenvalue weighted by atomic mass is 35.5. The zero-order valence-corrected chi connectivity index (χ0v) is 20.7. The minimum atomic E-state index is -0.978. The SMILES string of the molecule is O=C(C[N+]12CCC(CC1)C(NC(=O)OC(c1cccc(F)c1)c1cccc(F)c1)C2)Nc1ccon1.[Cl-]. The third-order valence-electron chi connectivity index (χ3n) is 7.12. The normalized spacial score (nSPS) is 22.2. The summed E-state index contributed by atoms with van der Waals surface area (Å²) in [6, 6.07) is 12.8. The van der Waals surface area contributed by atoms with Gasteiger partial charge in [-0.2, -0.15) is 0 Å². The van der Waals surface area contributed by atoms with Crippen molar-refractivity contribution < 1.29 is 44.5 Å². The molecule has 3 saturated heterocycles. The van der Waals surface area contributed by atoms with Crippen LogP contribution in [0.1, 0.15) is 30.1 Å².